The fourth-order valence-electron chi connectivity index (χ4n) is 1.63. The number of methoxy groups -OCH3 is 1. The summed E-state index contributed by atoms with van der Waals surface area (Å²) in [5, 5.41) is 9.33. The van der Waals surface area contributed by atoms with Crippen molar-refractivity contribution in [2.45, 2.75) is 6.10 Å². The van der Waals surface area contributed by atoms with E-state index in [1.165, 1.54) is 0 Å². The molecule has 0 aromatic heterocycles. The zero-order valence-electron chi connectivity index (χ0n) is 10.8. The third-order valence-corrected chi connectivity index (χ3v) is 2.48. The number of hydrogen-bond donors (Lipinski definition) is 0. The second-order valence-corrected chi connectivity index (χ2v) is 3.48. The van der Waals surface area contributed by atoms with Gasteiger partial charge >= 0.3 is 0 Å². The molecular weight excluding hydrogens is 222 g/mol. The molecule has 0 heterocycles. The lowest BCUT2D eigenvalue weighted by Crippen LogP contribution is -2.24. The summed E-state index contributed by atoms with van der Waals surface area (Å²) < 4.78 is 5.41. The third kappa shape index (κ3) is 4.04. The summed E-state index contributed by atoms with van der Waals surface area (Å²) in [7, 11) is 1.56. The molecule has 2 nitrogen and oxygen atoms in total. The van der Waals surface area contributed by atoms with E-state index in [1.807, 2.05) is 0 Å². The first-order valence-corrected chi connectivity index (χ1v) is 5.52. The minimum absolute atomic E-state index is 0.408. The molecule has 0 rings (SSSR count). The molecular formula is C16H19NO. The highest BCUT2D eigenvalue weighted by molar-refractivity contribution is 5.36. The van der Waals surface area contributed by atoms with Crippen LogP contribution in [-0.2, 0) is 4.74 Å². The fraction of sp³-hybridized carbons (Fsp3) is 0.188. The first kappa shape index (κ1) is 15.9. The smallest absolute Gasteiger partial charge is 0.102 e. The van der Waals surface area contributed by atoms with Gasteiger partial charge in [0.15, 0.2) is 0 Å². The zero-order valence-corrected chi connectivity index (χ0v) is 10.8. The minimum atomic E-state index is -0.463. The van der Waals surface area contributed by atoms with Gasteiger partial charge in [0.25, 0.3) is 0 Å². The van der Waals surface area contributed by atoms with E-state index < -0.39 is 12.0 Å². The van der Waals surface area contributed by atoms with Gasteiger partial charge in [-0.2, -0.15) is 5.26 Å². The fourth-order valence-corrected chi connectivity index (χ4v) is 1.63. The maximum Gasteiger partial charge on any atom is 0.102 e. The van der Waals surface area contributed by atoms with Crippen LogP contribution in [0.2, 0.25) is 0 Å². The Balaban J connectivity index is 5.54. The number of rotatable bonds is 8. The number of ether oxygens (including phenoxy) is 1. The molecule has 0 N–H and O–H groups in total. The molecule has 0 aliphatic carbocycles. The Labute approximate surface area is 110 Å². The van der Waals surface area contributed by atoms with E-state index in [0.717, 1.165) is 11.1 Å². The molecule has 0 aromatic rings. The lowest BCUT2D eigenvalue weighted by Gasteiger charge is -2.22. The molecule has 2 heteroatoms. The van der Waals surface area contributed by atoms with Crippen molar-refractivity contribution in [2.75, 3.05) is 7.11 Å². The minimum Gasteiger partial charge on any atom is -0.375 e. The van der Waals surface area contributed by atoms with Gasteiger partial charge in [-0.25, -0.2) is 0 Å². The van der Waals surface area contributed by atoms with E-state index in [9.17, 15) is 5.26 Å². The van der Waals surface area contributed by atoms with E-state index in [0.29, 0.717) is 0 Å². The van der Waals surface area contributed by atoms with Gasteiger partial charge in [0.1, 0.15) is 12.0 Å². The molecule has 0 bridgehead atoms. The van der Waals surface area contributed by atoms with Crippen LogP contribution in [0.5, 0.6) is 0 Å². The maximum atomic E-state index is 9.33. The quantitative estimate of drug-likeness (QED) is 0.606. The highest BCUT2D eigenvalue weighted by atomic mass is 16.5. The summed E-state index contributed by atoms with van der Waals surface area (Å²) in [5.74, 6) is -0.463. The molecule has 0 amide bonds. The van der Waals surface area contributed by atoms with Gasteiger partial charge in [0.05, 0.1) is 6.07 Å². The van der Waals surface area contributed by atoms with Crippen molar-refractivity contribution in [1.29, 1.82) is 5.26 Å². The standard InChI is InChI=1S/C16H19NO/c1-6-10-13(8-3)15(12-17)16(18-5)14(9-4)11-7-2/h6-11,15-16H,1-4H2,5H3/b13-10+,14-11+. The van der Waals surface area contributed by atoms with Gasteiger partial charge < -0.3 is 4.74 Å². The van der Waals surface area contributed by atoms with E-state index >= 15 is 0 Å². The van der Waals surface area contributed by atoms with Crippen LogP contribution in [0, 0.1) is 17.2 Å². The Bertz CT molecular complexity index is 421. The largest absolute Gasteiger partial charge is 0.375 e. The van der Waals surface area contributed by atoms with E-state index in [4.69, 9.17) is 4.74 Å². The van der Waals surface area contributed by atoms with Gasteiger partial charge in [0, 0.05) is 7.11 Å². The summed E-state index contributed by atoms with van der Waals surface area (Å²) in [6, 6.07) is 2.23. The summed E-state index contributed by atoms with van der Waals surface area (Å²) in [4.78, 5) is 0. The number of allylic oxidation sites excluding steroid dienone is 5. The van der Waals surface area contributed by atoms with Crippen LogP contribution in [0.3, 0.4) is 0 Å². The van der Waals surface area contributed by atoms with Gasteiger partial charge in [-0.3, -0.25) is 0 Å². The van der Waals surface area contributed by atoms with Crippen molar-refractivity contribution < 1.29 is 4.74 Å². The number of hydrogen-bond acceptors (Lipinski definition) is 2. The molecule has 0 spiro atoms. The van der Waals surface area contributed by atoms with E-state index in [-0.39, 0.29) is 0 Å². The average molecular weight is 241 g/mol. The van der Waals surface area contributed by atoms with Crippen molar-refractivity contribution in [3.05, 3.63) is 73.9 Å². The molecule has 2 atom stereocenters. The highest BCUT2D eigenvalue weighted by Gasteiger charge is 2.25. The van der Waals surface area contributed by atoms with Gasteiger partial charge in [-0.1, -0.05) is 62.8 Å². The van der Waals surface area contributed by atoms with Crippen LogP contribution >= 0.6 is 0 Å². The first-order valence-electron chi connectivity index (χ1n) is 5.52. The van der Waals surface area contributed by atoms with Crippen LogP contribution < -0.4 is 0 Å². The average Bonchev–Trinajstić information content (AvgIpc) is 2.40. The Morgan fingerprint density at radius 2 is 1.56 bits per heavy atom. The second-order valence-electron chi connectivity index (χ2n) is 3.48. The second kappa shape index (κ2) is 8.98. The summed E-state index contributed by atoms with van der Waals surface area (Å²) in [5.41, 5.74) is 1.56. The van der Waals surface area contributed by atoms with Crippen LogP contribution in [0.25, 0.3) is 0 Å². The van der Waals surface area contributed by atoms with Crippen molar-refractivity contribution in [1.82, 2.24) is 0 Å². The molecule has 0 aromatic carbocycles. The highest BCUT2D eigenvalue weighted by Crippen LogP contribution is 2.24. The molecule has 18 heavy (non-hydrogen) atoms. The lowest BCUT2D eigenvalue weighted by molar-refractivity contribution is 0.114. The monoisotopic (exact) mass is 241 g/mol. The molecule has 2 unspecified atom stereocenters. The van der Waals surface area contributed by atoms with E-state index in [2.05, 4.69) is 32.4 Å². The van der Waals surface area contributed by atoms with E-state index in [1.54, 1.807) is 43.6 Å². The predicted octanol–water partition coefficient (Wildman–Crippen LogP) is 3.74. The summed E-state index contributed by atoms with van der Waals surface area (Å²) in [6.45, 7) is 14.7. The zero-order chi connectivity index (χ0) is 14.0. The van der Waals surface area contributed by atoms with Crippen LogP contribution in [-0.4, -0.2) is 13.2 Å². The van der Waals surface area contributed by atoms with Crippen LogP contribution in [0.4, 0.5) is 0 Å². The molecule has 0 fully saturated rings. The predicted molar refractivity (Wildman–Crippen MR) is 76.9 cm³/mol. The Morgan fingerprint density at radius 1 is 1.06 bits per heavy atom. The number of nitriles is 1. The maximum absolute atomic E-state index is 9.33. The molecule has 94 valence electrons. The van der Waals surface area contributed by atoms with Gasteiger partial charge in [-0.05, 0) is 11.1 Å². The van der Waals surface area contributed by atoms with Crippen LogP contribution in [0.1, 0.15) is 0 Å². The first-order chi connectivity index (χ1) is 8.69. The van der Waals surface area contributed by atoms with Crippen LogP contribution in [0.15, 0.2) is 73.9 Å². The van der Waals surface area contributed by atoms with Gasteiger partial charge in [0.2, 0.25) is 0 Å². The Morgan fingerprint density at radius 3 is 1.89 bits per heavy atom. The summed E-state index contributed by atoms with van der Waals surface area (Å²) in [6.07, 6.45) is 9.68. The molecule has 0 aliphatic heterocycles. The SMILES string of the molecule is C=C/C=C(\C=C)C(C#N)C(OC)/C(C=C)=C/C=C. The lowest BCUT2D eigenvalue weighted by atomic mass is 9.89. The van der Waals surface area contributed by atoms with Crippen molar-refractivity contribution in [3.63, 3.8) is 0 Å². The van der Waals surface area contributed by atoms with Crippen molar-refractivity contribution in [3.8, 4) is 6.07 Å². The third-order valence-electron chi connectivity index (χ3n) is 2.48. The molecule has 0 aliphatic rings. The number of nitrogens with zero attached hydrogens (tertiary/aromatic N) is 1. The molecule has 0 radical (unpaired) electrons. The van der Waals surface area contributed by atoms with Crippen molar-refractivity contribution in [2.24, 2.45) is 5.92 Å². The van der Waals surface area contributed by atoms with Crippen molar-refractivity contribution >= 4 is 0 Å². The topological polar surface area (TPSA) is 33.0 Å². The Kier molecular flexibility index (Phi) is 7.92. The van der Waals surface area contributed by atoms with Gasteiger partial charge in [-0.15, -0.1) is 0 Å². The molecule has 0 saturated heterocycles. The molecule has 0 saturated carbocycles. The summed E-state index contributed by atoms with van der Waals surface area (Å²) >= 11 is 0. The normalized spacial score (nSPS) is 15.1. The Hall–Kier alpha value is -2.11.